The molecule has 5 nitrogen and oxygen atoms in total. The van der Waals surface area contributed by atoms with Crippen LogP contribution in [0.5, 0.6) is 0 Å². The van der Waals surface area contributed by atoms with Crippen LogP contribution in [0.4, 0.5) is 11.4 Å². The Balaban J connectivity index is 2.01. The van der Waals surface area contributed by atoms with Crippen molar-refractivity contribution in [1.29, 1.82) is 0 Å². The summed E-state index contributed by atoms with van der Waals surface area (Å²) in [4.78, 5) is 18.2. The molecule has 1 amide bonds. The summed E-state index contributed by atoms with van der Waals surface area (Å²) in [5.41, 5.74) is 1.69. The molecule has 1 aromatic rings. The summed E-state index contributed by atoms with van der Waals surface area (Å²) in [5.74, 6) is 0.00288. The first-order valence-electron chi connectivity index (χ1n) is 6.49. The Morgan fingerprint density at radius 2 is 2.21 bits per heavy atom. The number of aromatic nitrogens is 1. The molecule has 6 heteroatoms. The second-order valence-electron chi connectivity index (χ2n) is 4.94. The number of rotatable bonds is 1. The molecule has 2 aliphatic rings. The fraction of sp³-hybridized carbons (Fsp3) is 0.538. The molecule has 0 aromatic carbocycles. The number of ether oxygens (including phenoxy) is 1. The first-order chi connectivity index (χ1) is 9.16. The lowest BCUT2D eigenvalue weighted by atomic mass is 10.0. The Hall–Kier alpha value is -1.33. The van der Waals surface area contributed by atoms with Gasteiger partial charge >= 0.3 is 0 Å². The van der Waals surface area contributed by atoms with E-state index in [0.717, 1.165) is 37.4 Å². The number of nitrogens with zero attached hydrogens (tertiary/aromatic N) is 2. The number of pyridine rings is 1. The normalized spacial score (nSPS) is 24.0. The number of amides is 1. The Bertz CT molecular complexity index is 503. The van der Waals surface area contributed by atoms with Crippen LogP contribution in [0.3, 0.4) is 0 Å². The molecule has 102 valence electrons. The minimum Gasteiger partial charge on any atom is -0.381 e. The van der Waals surface area contributed by atoms with Gasteiger partial charge in [0.2, 0.25) is 5.91 Å². The van der Waals surface area contributed by atoms with Crippen molar-refractivity contribution in [2.45, 2.75) is 31.8 Å². The molecular weight excluding hydrogens is 266 g/mol. The second-order valence-corrected chi connectivity index (χ2v) is 5.33. The minimum absolute atomic E-state index is 0.00288. The van der Waals surface area contributed by atoms with Crippen molar-refractivity contribution in [2.24, 2.45) is 0 Å². The van der Waals surface area contributed by atoms with E-state index in [1.165, 1.54) is 0 Å². The molecule has 1 atom stereocenters. The van der Waals surface area contributed by atoms with Crippen LogP contribution in [0.2, 0.25) is 5.15 Å². The smallest absolute Gasteiger partial charge is 0.246 e. The number of anilines is 2. The lowest BCUT2D eigenvalue weighted by Crippen LogP contribution is -2.52. The topological polar surface area (TPSA) is 54.5 Å². The van der Waals surface area contributed by atoms with Gasteiger partial charge in [0.05, 0.1) is 17.6 Å². The largest absolute Gasteiger partial charge is 0.381 e. The van der Waals surface area contributed by atoms with Crippen LogP contribution in [0.25, 0.3) is 0 Å². The zero-order valence-electron chi connectivity index (χ0n) is 10.7. The third kappa shape index (κ3) is 2.28. The van der Waals surface area contributed by atoms with Crippen molar-refractivity contribution in [2.75, 3.05) is 23.4 Å². The maximum atomic E-state index is 12.1. The molecule has 1 aromatic heterocycles. The van der Waals surface area contributed by atoms with Crippen molar-refractivity contribution in [1.82, 2.24) is 4.98 Å². The molecule has 0 saturated carbocycles. The van der Waals surface area contributed by atoms with Crippen LogP contribution in [-0.4, -0.2) is 36.2 Å². The van der Waals surface area contributed by atoms with Gasteiger partial charge in [-0.05, 0) is 19.8 Å². The predicted octanol–water partition coefficient (Wildman–Crippen LogP) is 2.06. The monoisotopic (exact) mass is 281 g/mol. The van der Waals surface area contributed by atoms with Gasteiger partial charge in [0, 0.05) is 25.3 Å². The average Bonchev–Trinajstić information content (AvgIpc) is 2.42. The van der Waals surface area contributed by atoms with Crippen LogP contribution >= 0.6 is 11.6 Å². The van der Waals surface area contributed by atoms with Crippen molar-refractivity contribution < 1.29 is 9.53 Å². The van der Waals surface area contributed by atoms with Crippen LogP contribution in [0, 0.1) is 0 Å². The number of hydrogen-bond donors (Lipinski definition) is 1. The number of fused-ring (bicyclic) bond motifs is 1. The summed E-state index contributed by atoms with van der Waals surface area (Å²) in [6.07, 6.45) is 3.47. The van der Waals surface area contributed by atoms with Crippen molar-refractivity contribution >= 4 is 28.9 Å². The first-order valence-corrected chi connectivity index (χ1v) is 6.87. The van der Waals surface area contributed by atoms with Crippen LogP contribution in [0.15, 0.2) is 12.3 Å². The lowest BCUT2D eigenvalue weighted by molar-refractivity contribution is -0.117. The molecule has 3 rings (SSSR count). The minimum atomic E-state index is -0.200. The Labute approximate surface area is 116 Å². The second kappa shape index (κ2) is 4.98. The number of carbonyl (C=O) groups excluding carboxylic acids is 1. The summed E-state index contributed by atoms with van der Waals surface area (Å²) >= 11 is 5.99. The highest BCUT2D eigenvalue weighted by Gasteiger charge is 2.35. The molecule has 2 aliphatic heterocycles. The van der Waals surface area contributed by atoms with E-state index < -0.39 is 0 Å². The first kappa shape index (κ1) is 12.7. The molecule has 1 saturated heterocycles. The molecule has 0 bridgehead atoms. The van der Waals surface area contributed by atoms with E-state index in [-0.39, 0.29) is 11.9 Å². The summed E-state index contributed by atoms with van der Waals surface area (Å²) in [5, 5.41) is 3.32. The molecule has 0 aliphatic carbocycles. The van der Waals surface area contributed by atoms with Gasteiger partial charge < -0.3 is 15.0 Å². The van der Waals surface area contributed by atoms with E-state index in [1.807, 2.05) is 13.0 Å². The fourth-order valence-electron chi connectivity index (χ4n) is 2.78. The molecule has 19 heavy (non-hydrogen) atoms. The van der Waals surface area contributed by atoms with Gasteiger partial charge in [-0.2, -0.15) is 0 Å². The highest BCUT2D eigenvalue weighted by Crippen LogP contribution is 2.36. The van der Waals surface area contributed by atoms with Gasteiger partial charge in [-0.3, -0.25) is 4.79 Å². The van der Waals surface area contributed by atoms with Crippen molar-refractivity contribution in [3.63, 3.8) is 0 Å². The third-order valence-electron chi connectivity index (χ3n) is 3.77. The molecule has 3 heterocycles. The van der Waals surface area contributed by atoms with Crippen molar-refractivity contribution in [3.05, 3.63) is 17.4 Å². The SMILES string of the molecule is CC1C(=O)Nc2cnc(Cl)cc2N1C1CCOCC1. The standard InChI is InChI=1S/C13H16ClN3O2/c1-8-13(18)16-10-7-15-12(14)6-11(10)17(8)9-2-4-19-5-3-9/h6-9H,2-5H2,1H3,(H,16,18). The van der Waals surface area contributed by atoms with Crippen LogP contribution in [-0.2, 0) is 9.53 Å². The third-order valence-corrected chi connectivity index (χ3v) is 3.97. The van der Waals surface area contributed by atoms with Gasteiger partial charge in [-0.1, -0.05) is 11.6 Å². The van der Waals surface area contributed by atoms with Gasteiger partial charge in [-0.15, -0.1) is 0 Å². The average molecular weight is 282 g/mol. The molecule has 1 unspecified atom stereocenters. The van der Waals surface area contributed by atoms with Gasteiger partial charge in [-0.25, -0.2) is 4.98 Å². The number of carbonyl (C=O) groups is 1. The Morgan fingerprint density at radius 1 is 1.47 bits per heavy atom. The number of hydrogen-bond acceptors (Lipinski definition) is 4. The molecule has 1 fully saturated rings. The van der Waals surface area contributed by atoms with E-state index in [1.54, 1.807) is 6.20 Å². The van der Waals surface area contributed by atoms with Crippen molar-refractivity contribution in [3.8, 4) is 0 Å². The summed E-state index contributed by atoms with van der Waals surface area (Å²) in [7, 11) is 0. The predicted molar refractivity (Wildman–Crippen MR) is 73.7 cm³/mol. The summed E-state index contributed by atoms with van der Waals surface area (Å²) in [6.45, 7) is 3.40. The molecule has 0 radical (unpaired) electrons. The molecule has 1 N–H and O–H groups in total. The van der Waals surface area contributed by atoms with Crippen LogP contribution < -0.4 is 10.2 Å². The van der Waals surface area contributed by atoms with E-state index in [2.05, 4.69) is 15.2 Å². The zero-order chi connectivity index (χ0) is 13.4. The number of halogens is 1. The van der Waals surface area contributed by atoms with E-state index in [9.17, 15) is 4.79 Å². The van der Waals surface area contributed by atoms with Gasteiger partial charge in [0.25, 0.3) is 0 Å². The lowest BCUT2D eigenvalue weighted by Gasteiger charge is -2.43. The zero-order valence-corrected chi connectivity index (χ0v) is 11.5. The quantitative estimate of drug-likeness (QED) is 0.801. The van der Waals surface area contributed by atoms with Crippen LogP contribution in [0.1, 0.15) is 19.8 Å². The summed E-state index contributed by atoms with van der Waals surface area (Å²) in [6, 6.07) is 1.93. The molecular formula is C13H16ClN3O2. The fourth-order valence-corrected chi connectivity index (χ4v) is 2.93. The molecule has 0 spiro atoms. The Kier molecular flexibility index (Phi) is 3.33. The maximum Gasteiger partial charge on any atom is 0.246 e. The van der Waals surface area contributed by atoms with Gasteiger partial charge in [0.15, 0.2) is 0 Å². The van der Waals surface area contributed by atoms with E-state index in [4.69, 9.17) is 16.3 Å². The van der Waals surface area contributed by atoms with Gasteiger partial charge in [0.1, 0.15) is 11.2 Å². The maximum absolute atomic E-state index is 12.1. The number of nitrogens with one attached hydrogen (secondary N) is 1. The van der Waals surface area contributed by atoms with E-state index in [0.29, 0.717) is 11.2 Å². The highest BCUT2D eigenvalue weighted by atomic mass is 35.5. The Morgan fingerprint density at radius 3 is 2.95 bits per heavy atom. The van der Waals surface area contributed by atoms with E-state index >= 15 is 0 Å². The highest BCUT2D eigenvalue weighted by molar-refractivity contribution is 6.29. The summed E-state index contributed by atoms with van der Waals surface area (Å²) < 4.78 is 5.40.